The normalized spacial score (nSPS) is 27.7. The number of hydrogen-bond donors (Lipinski definition) is 0. The van der Waals surface area contributed by atoms with E-state index in [-0.39, 0.29) is 11.3 Å². The molecule has 0 radical (unpaired) electrons. The van der Waals surface area contributed by atoms with Crippen molar-refractivity contribution in [3.63, 3.8) is 0 Å². The van der Waals surface area contributed by atoms with Gasteiger partial charge in [0.1, 0.15) is 16.9 Å². The van der Waals surface area contributed by atoms with Gasteiger partial charge in [0, 0.05) is 12.6 Å². The van der Waals surface area contributed by atoms with Gasteiger partial charge in [-0.05, 0) is 32.6 Å². The molecule has 1 aromatic rings. The Morgan fingerprint density at radius 3 is 2.73 bits per heavy atom. The van der Waals surface area contributed by atoms with Crippen LogP contribution in [0.4, 0.5) is 5.82 Å². The van der Waals surface area contributed by atoms with Gasteiger partial charge in [0.2, 0.25) is 0 Å². The molecule has 0 spiro atoms. The van der Waals surface area contributed by atoms with Crippen molar-refractivity contribution in [2.45, 2.75) is 48.6 Å². The van der Waals surface area contributed by atoms with Crippen LogP contribution in [0, 0.1) is 0 Å². The molecule has 1 saturated heterocycles. The molecule has 0 aromatic carbocycles. The molecule has 0 unspecified atom stereocenters. The van der Waals surface area contributed by atoms with E-state index in [1.54, 1.807) is 0 Å². The van der Waals surface area contributed by atoms with E-state index in [0.717, 1.165) is 25.2 Å². The molecule has 2 heterocycles. The van der Waals surface area contributed by atoms with Crippen LogP contribution < -0.4 is 4.90 Å². The molecule has 2 saturated carbocycles. The van der Waals surface area contributed by atoms with Gasteiger partial charge >= 0.3 is 0 Å². The summed E-state index contributed by atoms with van der Waals surface area (Å²) >= 11 is 0. The van der Waals surface area contributed by atoms with E-state index in [1.165, 1.54) is 6.33 Å². The van der Waals surface area contributed by atoms with E-state index >= 15 is 0 Å². The van der Waals surface area contributed by atoms with Crippen LogP contribution in [-0.4, -0.2) is 49.4 Å². The summed E-state index contributed by atoms with van der Waals surface area (Å²) in [6.07, 6.45) is 4.52. The third-order valence-electron chi connectivity index (χ3n) is 4.99. The van der Waals surface area contributed by atoms with Gasteiger partial charge in [0.05, 0.1) is 30.2 Å². The lowest BCUT2D eigenvalue weighted by atomic mass is 10.2. The predicted octanol–water partition coefficient (Wildman–Crippen LogP) is 1.27. The molecule has 3 fully saturated rings. The monoisotopic (exact) mass is 323 g/mol. The molecular formula is C15H21N3O3S. The van der Waals surface area contributed by atoms with Crippen molar-refractivity contribution in [1.29, 1.82) is 0 Å². The lowest BCUT2D eigenvalue weighted by molar-refractivity contribution is 0.0985. The van der Waals surface area contributed by atoms with Crippen molar-refractivity contribution < 1.29 is 13.2 Å². The highest BCUT2D eigenvalue weighted by Gasteiger charge is 2.61. The van der Waals surface area contributed by atoms with Crippen LogP contribution in [0.2, 0.25) is 0 Å². The van der Waals surface area contributed by atoms with Gasteiger partial charge in [-0.15, -0.1) is 0 Å². The molecule has 7 heteroatoms. The van der Waals surface area contributed by atoms with Crippen molar-refractivity contribution in [2.75, 3.05) is 24.7 Å². The quantitative estimate of drug-likeness (QED) is 0.831. The molecular weight excluding hydrogens is 302 g/mol. The zero-order valence-electron chi connectivity index (χ0n) is 12.7. The molecule has 1 atom stereocenters. The number of morpholine rings is 1. The van der Waals surface area contributed by atoms with Crippen molar-refractivity contribution in [1.82, 2.24) is 9.97 Å². The Balaban J connectivity index is 1.68. The minimum absolute atomic E-state index is 0.143. The first-order valence-electron chi connectivity index (χ1n) is 7.95. The summed E-state index contributed by atoms with van der Waals surface area (Å²) in [5, 5.41) is -0.143. The van der Waals surface area contributed by atoms with Gasteiger partial charge < -0.3 is 9.64 Å². The standard InChI is InChI=1S/C15H21N3O3S/c1-11-9-21-7-6-18(11)14-8-13(16-10-17-14)15(4-5-15)22(19,20)12-2-3-12/h8,10-12H,2-7,9H2,1H3/t11-/m1/s1. The van der Waals surface area contributed by atoms with Crippen LogP contribution in [-0.2, 0) is 19.3 Å². The Hall–Kier alpha value is -1.21. The largest absolute Gasteiger partial charge is 0.377 e. The summed E-state index contributed by atoms with van der Waals surface area (Å²) in [6.45, 7) is 4.22. The fourth-order valence-electron chi connectivity index (χ4n) is 3.32. The van der Waals surface area contributed by atoms with Gasteiger partial charge in [0.15, 0.2) is 9.84 Å². The van der Waals surface area contributed by atoms with Gasteiger partial charge in [0.25, 0.3) is 0 Å². The summed E-state index contributed by atoms with van der Waals surface area (Å²) in [6, 6.07) is 2.13. The van der Waals surface area contributed by atoms with E-state index in [4.69, 9.17) is 4.74 Å². The average Bonchev–Trinajstić information content (AvgIpc) is 3.41. The number of ether oxygens (including phenoxy) is 1. The maximum Gasteiger partial charge on any atom is 0.164 e. The molecule has 1 aliphatic heterocycles. The summed E-state index contributed by atoms with van der Waals surface area (Å²) in [7, 11) is -3.10. The first-order valence-corrected chi connectivity index (χ1v) is 9.50. The lowest BCUT2D eigenvalue weighted by Crippen LogP contribution is -2.44. The van der Waals surface area contributed by atoms with Gasteiger partial charge in [-0.1, -0.05) is 0 Å². The summed E-state index contributed by atoms with van der Waals surface area (Å²) in [5.74, 6) is 0.818. The van der Waals surface area contributed by atoms with E-state index < -0.39 is 14.6 Å². The molecule has 0 bridgehead atoms. The number of sulfone groups is 1. The van der Waals surface area contributed by atoms with Crippen LogP contribution in [0.15, 0.2) is 12.4 Å². The number of anilines is 1. The van der Waals surface area contributed by atoms with Crippen LogP contribution in [0.5, 0.6) is 0 Å². The third-order valence-corrected chi connectivity index (χ3v) is 8.05. The topological polar surface area (TPSA) is 72.4 Å². The zero-order valence-corrected chi connectivity index (χ0v) is 13.6. The van der Waals surface area contributed by atoms with Crippen LogP contribution in [0.1, 0.15) is 38.3 Å². The lowest BCUT2D eigenvalue weighted by Gasteiger charge is -2.34. The molecule has 6 nitrogen and oxygen atoms in total. The molecule has 0 amide bonds. The Bertz CT molecular complexity index is 683. The second-order valence-corrected chi connectivity index (χ2v) is 9.16. The summed E-state index contributed by atoms with van der Waals surface area (Å²) < 4.78 is 30.2. The maximum atomic E-state index is 12.7. The van der Waals surface area contributed by atoms with Crippen LogP contribution in [0.3, 0.4) is 0 Å². The SMILES string of the molecule is C[C@@H]1COCCN1c1cc(C2(S(=O)(=O)C3CC3)CC2)ncn1. The molecule has 22 heavy (non-hydrogen) atoms. The van der Waals surface area contributed by atoms with Gasteiger partial charge in [-0.2, -0.15) is 0 Å². The fourth-order valence-corrected chi connectivity index (χ4v) is 5.79. The molecule has 120 valence electrons. The summed E-state index contributed by atoms with van der Waals surface area (Å²) in [4.78, 5) is 10.9. The number of rotatable bonds is 4. The van der Waals surface area contributed by atoms with Crippen LogP contribution in [0.25, 0.3) is 0 Å². The second kappa shape index (κ2) is 4.89. The van der Waals surface area contributed by atoms with Crippen molar-refractivity contribution >= 4 is 15.7 Å². The van der Waals surface area contributed by atoms with Crippen molar-refractivity contribution in [2.24, 2.45) is 0 Å². The van der Waals surface area contributed by atoms with E-state index in [2.05, 4.69) is 21.8 Å². The Labute approximate surface area is 130 Å². The molecule has 0 N–H and O–H groups in total. The van der Waals surface area contributed by atoms with Crippen molar-refractivity contribution in [3.05, 3.63) is 18.1 Å². The van der Waals surface area contributed by atoms with E-state index in [0.29, 0.717) is 31.7 Å². The van der Waals surface area contributed by atoms with E-state index in [9.17, 15) is 8.42 Å². The first-order chi connectivity index (χ1) is 10.5. The molecule has 3 aliphatic rings. The predicted molar refractivity (Wildman–Crippen MR) is 82.5 cm³/mol. The first kappa shape index (κ1) is 14.4. The Morgan fingerprint density at radius 2 is 2.09 bits per heavy atom. The van der Waals surface area contributed by atoms with Gasteiger partial charge in [-0.3, -0.25) is 0 Å². The molecule has 1 aromatic heterocycles. The highest BCUT2D eigenvalue weighted by atomic mass is 32.2. The summed E-state index contributed by atoms with van der Waals surface area (Å²) in [5.41, 5.74) is 0.683. The number of nitrogens with zero attached hydrogens (tertiary/aromatic N) is 3. The number of hydrogen-bond acceptors (Lipinski definition) is 6. The van der Waals surface area contributed by atoms with E-state index in [1.807, 2.05) is 6.07 Å². The minimum Gasteiger partial charge on any atom is -0.377 e. The van der Waals surface area contributed by atoms with Crippen LogP contribution >= 0.6 is 0 Å². The highest BCUT2D eigenvalue weighted by Crippen LogP contribution is 2.56. The third kappa shape index (κ3) is 2.13. The van der Waals surface area contributed by atoms with Crippen molar-refractivity contribution in [3.8, 4) is 0 Å². The zero-order chi connectivity index (χ0) is 15.4. The second-order valence-electron chi connectivity index (χ2n) is 6.62. The maximum absolute atomic E-state index is 12.7. The Morgan fingerprint density at radius 1 is 1.32 bits per heavy atom. The highest BCUT2D eigenvalue weighted by molar-refractivity contribution is 7.93. The number of aromatic nitrogens is 2. The fraction of sp³-hybridized carbons (Fsp3) is 0.733. The van der Waals surface area contributed by atoms with Gasteiger partial charge in [-0.25, -0.2) is 18.4 Å². The average molecular weight is 323 g/mol. The Kier molecular flexibility index (Phi) is 3.20. The smallest absolute Gasteiger partial charge is 0.164 e. The molecule has 2 aliphatic carbocycles. The molecule has 4 rings (SSSR count). The minimum atomic E-state index is -3.10.